The van der Waals surface area contributed by atoms with E-state index < -0.39 is 6.10 Å². The number of aryl methyl sites for hydroxylation is 1. The summed E-state index contributed by atoms with van der Waals surface area (Å²) in [6.07, 6.45) is 0.469. The average Bonchev–Trinajstić information content (AvgIpc) is 2.32. The molecular weight excluding hydrogens is 174 g/mol. The van der Waals surface area contributed by atoms with Gasteiger partial charge < -0.3 is 15.9 Å². The summed E-state index contributed by atoms with van der Waals surface area (Å²) < 4.78 is 2.30. The molecule has 0 aromatic carbocycles. The quantitative estimate of drug-likeness (QED) is 0.521. The first-order valence-electron chi connectivity index (χ1n) is 3.89. The number of hydrogen-bond acceptors (Lipinski definition) is 4. The number of hydrogen-bond donors (Lipinski definition) is 3. The standard InChI is InChI=1S/C7H13N3O3/c1-9-4-6(12)10(7(9)13)3-5(11)2-8/h4-5,11-12H,2-3,8H2,1H3. The maximum Gasteiger partial charge on any atom is 0.330 e. The number of nitrogens with zero attached hydrogens (tertiary/aromatic N) is 2. The molecule has 1 atom stereocenters. The molecular formula is C7H13N3O3. The molecule has 0 bridgehead atoms. The van der Waals surface area contributed by atoms with Gasteiger partial charge in [0.25, 0.3) is 0 Å². The van der Waals surface area contributed by atoms with E-state index in [2.05, 4.69) is 0 Å². The van der Waals surface area contributed by atoms with Gasteiger partial charge in [0.05, 0.1) is 18.8 Å². The van der Waals surface area contributed by atoms with E-state index in [4.69, 9.17) is 10.8 Å². The number of rotatable bonds is 3. The van der Waals surface area contributed by atoms with Gasteiger partial charge in [-0.1, -0.05) is 0 Å². The molecule has 6 nitrogen and oxygen atoms in total. The first-order valence-corrected chi connectivity index (χ1v) is 3.89. The lowest BCUT2D eigenvalue weighted by molar-refractivity contribution is 0.156. The maximum atomic E-state index is 11.3. The van der Waals surface area contributed by atoms with Crippen molar-refractivity contribution in [3.8, 4) is 5.88 Å². The zero-order valence-corrected chi connectivity index (χ0v) is 7.34. The van der Waals surface area contributed by atoms with Crippen LogP contribution in [0, 0.1) is 0 Å². The van der Waals surface area contributed by atoms with Crippen molar-refractivity contribution in [2.45, 2.75) is 12.6 Å². The van der Waals surface area contributed by atoms with Crippen LogP contribution in [0.5, 0.6) is 5.88 Å². The van der Waals surface area contributed by atoms with Gasteiger partial charge in [0.1, 0.15) is 0 Å². The molecule has 0 saturated carbocycles. The zero-order valence-electron chi connectivity index (χ0n) is 7.34. The fourth-order valence-corrected chi connectivity index (χ4v) is 1.04. The molecule has 1 unspecified atom stereocenters. The molecule has 0 spiro atoms. The highest BCUT2D eigenvalue weighted by Crippen LogP contribution is 2.04. The van der Waals surface area contributed by atoms with E-state index in [9.17, 15) is 9.90 Å². The van der Waals surface area contributed by atoms with Gasteiger partial charge in [-0.15, -0.1) is 0 Å². The second-order valence-corrected chi connectivity index (χ2v) is 2.88. The number of aromatic hydroxyl groups is 1. The van der Waals surface area contributed by atoms with Crippen LogP contribution in [-0.4, -0.2) is 32.0 Å². The molecule has 0 radical (unpaired) electrons. The number of aromatic nitrogens is 2. The lowest BCUT2D eigenvalue weighted by atomic mass is 10.3. The lowest BCUT2D eigenvalue weighted by Gasteiger charge is -2.07. The fourth-order valence-electron chi connectivity index (χ4n) is 1.04. The normalized spacial score (nSPS) is 13.2. The first-order chi connectivity index (χ1) is 6.06. The summed E-state index contributed by atoms with van der Waals surface area (Å²) in [5.74, 6) is -0.167. The third-order valence-corrected chi connectivity index (χ3v) is 1.78. The molecule has 0 amide bonds. The van der Waals surface area contributed by atoms with Crippen molar-refractivity contribution < 1.29 is 10.2 Å². The summed E-state index contributed by atoms with van der Waals surface area (Å²) in [6, 6.07) is 0. The van der Waals surface area contributed by atoms with Gasteiger partial charge in [-0.3, -0.25) is 9.13 Å². The van der Waals surface area contributed by atoms with E-state index >= 15 is 0 Å². The monoisotopic (exact) mass is 187 g/mol. The predicted octanol–water partition coefficient (Wildman–Crippen LogP) is -1.79. The third-order valence-electron chi connectivity index (χ3n) is 1.78. The van der Waals surface area contributed by atoms with Crippen molar-refractivity contribution in [3.63, 3.8) is 0 Å². The van der Waals surface area contributed by atoms with Gasteiger partial charge in [-0.25, -0.2) is 4.79 Å². The summed E-state index contributed by atoms with van der Waals surface area (Å²) >= 11 is 0. The van der Waals surface area contributed by atoms with Crippen LogP contribution in [0.25, 0.3) is 0 Å². The molecule has 4 N–H and O–H groups in total. The molecule has 1 aromatic rings. The molecule has 1 aromatic heterocycles. The molecule has 1 rings (SSSR count). The van der Waals surface area contributed by atoms with E-state index in [-0.39, 0.29) is 24.7 Å². The summed E-state index contributed by atoms with van der Waals surface area (Å²) in [7, 11) is 1.52. The average molecular weight is 187 g/mol. The fraction of sp³-hybridized carbons (Fsp3) is 0.571. The Balaban J connectivity index is 2.94. The second-order valence-electron chi connectivity index (χ2n) is 2.88. The van der Waals surface area contributed by atoms with Crippen molar-refractivity contribution in [3.05, 3.63) is 16.7 Å². The minimum Gasteiger partial charge on any atom is -0.493 e. The smallest absolute Gasteiger partial charge is 0.330 e. The van der Waals surface area contributed by atoms with E-state index in [1.807, 2.05) is 0 Å². The number of nitrogens with two attached hydrogens (primary N) is 1. The Labute approximate surface area is 74.8 Å². The SMILES string of the molecule is Cn1cc(O)n(CC(O)CN)c1=O. The molecule has 0 aliphatic carbocycles. The van der Waals surface area contributed by atoms with Gasteiger partial charge in [-0.2, -0.15) is 0 Å². The van der Waals surface area contributed by atoms with Crippen LogP contribution >= 0.6 is 0 Å². The summed E-state index contributed by atoms with van der Waals surface area (Å²) in [4.78, 5) is 11.3. The Morgan fingerprint density at radius 3 is 2.69 bits per heavy atom. The minimum absolute atomic E-state index is 0.0159. The van der Waals surface area contributed by atoms with Crippen molar-refractivity contribution in [2.24, 2.45) is 12.8 Å². The largest absolute Gasteiger partial charge is 0.493 e. The van der Waals surface area contributed by atoms with Crippen LogP contribution in [-0.2, 0) is 13.6 Å². The van der Waals surface area contributed by atoms with Crippen LogP contribution in [0.15, 0.2) is 11.0 Å². The molecule has 0 saturated heterocycles. The molecule has 74 valence electrons. The van der Waals surface area contributed by atoms with Gasteiger partial charge in [0.2, 0.25) is 5.88 Å². The number of aliphatic hydroxyl groups excluding tert-OH is 1. The van der Waals surface area contributed by atoms with E-state index in [1.54, 1.807) is 0 Å². The van der Waals surface area contributed by atoms with Crippen LogP contribution in [0.3, 0.4) is 0 Å². The van der Waals surface area contributed by atoms with Gasteiger partial charge in [-0.05, 0) is 0 Å². The van der Waals surface area contributed by atoms with Crippen molar-refractivity contribution in [2.75, 3.05) is 6.54 Å². The first kappa shape index (κ1) is 9.82. The lowest BCUT2D eigenvalue weighted by Crippen LogP contribution is -2.31. The van der Waals surface area contributed by atoms with Crippen LogP contribution in [0.2, 0.25) is 0 Å². The highest BCUT2D eigenvalue weighted by molar-refractivity contribution is 5.04. The maximum absolute atomic E-state index is 11.3. The van der Waals surface area contributed by atoms with Crippen LogP contribution < -0.4 is 11.4 Å². The van der Waals surface area contributed by atoms with Crippen molar-refractivity contribution >= 4 is 0 Å². The number of imidazole rings is 1. The molecule has 0 aliphatic rings. The number of aliphatic hydroxyl groups is 1. The molecule has 0 aliphatic heterocycles. The molecule has 6 heteroatoms. The Morgan fingerprint density at radius 1 is 1.69 bits per heavy atom. The van der Waals surface area contributed by atoms with Gasteiger partial charge >= 0.3 is 5.69 Å². The van der Waals surface area contributed by atoms with E-state index in [1.165, 1.54) is 17.8 Å². The van der Waals surface area contributed by atoms with E-state index in [0.717, 1.165) is 4.57 Å². The Morgan fingerprint density at radius 2 is 2.31 bits per heavy atom. The Kier molecular flexibility index (Phi) is 2.74. The minimum atomic E-state index is -0.814. The highest BCUT2D eigenvalue weighted by Gasteiger charge is 2.10. The predicted molar refractivity (Wildman–Crippen MR) is 46.4 cm³/mol. The molecule has 0 fully saturated rings. The van der Waals surface area contributed by atoms with Crippen LogP contribution in [0.4, 0.5) is 0 Å². The van der Waals surface area contributed by atoms with E-state index in [0.29, 0.717) is 0 Å². The highest BCUT2D eigenvalue weighted by atomic mass is 16.3. The topological polar surface area (TPSA) is 93.4 Å². The zero-order chi connectivity index (χ0) is 10.0. The van der Waals surface area contributed by atoms with Crippen LogP contribution in [0.1, 0.15) is 0 Å². The van der Waals surface area contributed by atoms with Gasteiger partial charge in [0, 0.05) is 13.6 Å². The second kappa shape index (κ2) is 3.63. The van der Waals surface area contributed by atoms with Crippen molar-refractivity contribution in [1.29, 1.82) is 0 Å². The summed E-state index contributed by atoms with van der Waals surface area (Å²) in [6.45, 7) is 0.0722. The molecule has 1 heterocycles. The summed E-state index contributed by atoms with van der Waals surface area (Å²) in [5, 5.41) is 18.4. The van der Waals surface area contributed by atoms with Crippen molar-refractivity contribution in [1.82, 2.24) is 9.13 Å². The third kappa shape index (κ3) is 1.90. The summed E-state index contributed by atoms with van der Waals surface area (Å²) in [5.41, 5.74) is 4.80. The van der Waals surface area contributed by atoms with Gasteiger partial charge in [0.15, 0.2) is 0 Å². The molecule has 13 heavy (non-hydrogen) atoms. The Hall–Kier alpha value is -1.27. The Bertz CT molecular complexity index is 341.